The molecular weight excluding hydrogens is 178 g/mol. The number of carbonyl (C=O) groups is 1. The van der Waals surface area contributed by atoms with E-state index in [1.807, 2.05) is 6.07 Å². The second kappa shape index (κ2) is 4.80. The van der Waals surface area contributed by atoms with Crippen LogP contribution in [0.15, 0.2) is 11.3 Å². The molecule has 1 fully saturated rings. The third kappa shape index (κ3) is 2.59. The fourth-order valence-corrected chi connectivity index (χ4v) is 1.83. The molecule has 0 saturated heterocycles. The van der Waals surface area contributed by atoms with Crippen LogP contribution in [0, 0.1) is 17.2 Å². The highest BCUT2D eigenvalue weighted by Crippen LogP contribution is 2.31. The van der Waals surface area contributed by atoms with Crippen molar-refractivity contribution in [2.24, 2.45) is 5.92 Å². The molecule has 3 heteroatoms. The number of rotatable bonds is 1. The predicted molar refractivity (Wildman–Crippen MR) is 52.0 cm³/mol. The van der Waals surface area contributed by atoms with Crippen LogP contribution in [-0.4, -0.2) is 5.97 Å². The highest BCUT2D eigenvalue weighted by molar-refractivity contribution is 5.68. The van der Waals surface area contributed by atoms with Gasteiger partial charge in [0.25, 0.3) is 0 Å². The first kappa shape index (κ1) is 10.8. The fourth-order valence-electron chi connectivity index (χ4n) is 1.83. The molecule has 1 unspecified atom stereocenters. The molecule has 1 atom stereocenters. The number of nitrogens with zero attached hydrogens (tertiary/aromatic N) is 1. The molecule has 0 aromatic heterocycles. The van der Waals surface area contributed by atoms with Crippen molar-refractivity contribution in [2.75, 3.05) is 0 Å². The third-order valence-electron chi connectivity index (χ3n) is 2.57. The van der Waals surface area contributed by atoms with Gasteiger partial charge in [0.1, 0.15) is 6.07 Å². The number of hydrogen-bond acceptors (Lipinski definition) is 3. The standard InChI is InChI=1S/C11H15NO2/c1-8-5-3-4-6-10(8)11(7-12)14-9(2)13/h8H,3-6H2,1-2H3/b11-10-. The van der Waals surface area contributed by atoms with Gasteiger partial charge in [0.05, 0.1) is 0 Å². The first-order valence-electron chi connectivity index (χ1n) is 4.96. The Balaban J connectivity index is 2.86. The van der Waals surface area contributed by atoms with Gasteiger partial charge >= 0.3 is 5.97 Å². The number of hydrogen-bond donors (Lipinski definition) is 0. The molecule has 1 saturated carbocycles. The number of ether oxygens (including phenoxy) is 1. The van der Waals surface area contributed by atoms with Gasteiger partial charge in [-0.15, -0.1) is 0 Å². The Morgan fingerprint density at radius 3 is 2.79 bits per heavy atom. The summed E-state index contributed by atoms with van der Waals surface area (Å²) < 4.78 is 4.89. The summed E-state index contributed by atoms with van der Waals surface area (Å²) >= 11 is 0. The molecule has 3 nitrogen and oxygen atoms in total. The van der Waals surface area contributed by atoms with Crippen molar-refractivity contribution >= 4 is 5.97 Å². The molecule has 0 N–H and O–H groups in total. The van der Waals surface area contributed by atoms with Gasteiger partial charge in [-0.3, -0.25) is 4.79 Å². The molecule has 0 amide bonds. The first-order valence-corrected chi connectivity index (χ1v) is 4.96. The minimum Gasteiger partial charge on any atom is -0.415 e. The summed E-state index contributed by atoms with van der Waals surface area (Å²) in [7, 11) is 0. The fraction of sp³-hybridized carbons (Fsp3) is 0.636. The number of esters is 1. The van der Waals surface area contributed by atoms with E-state index in [-0.39, 0.29) is 5.76 Å². The highest BCUT2D eigenvalue weighted by Gasteiger charge is 2.20. The Bertz CT molecular complexity index is 299. The third-order valence-corrected chi connectivity index (χ3v) is 2.57. The quantitative estimate of drug-likeness (QED) is 0.365. The van der Waals surface area contributed by atoms with Gasteiger partial charge in [0, 0.05) is 6.92 Å². The van der Waals surface area contributed by atoms with Crippen molar-refractivity contribution in [2.45, 2.75) is 39.5 Å². The average molecular weight is 193 g/mol. The molecule has 1 rings (SSSR count). The molecule has 0 aromatic rings. The summed E-state index contributed by atoms with van der Waals surface area (Å²) in [6.07, 6.45) is 4.26. The van der Waals surface area contributed by atoms with Gasteiger partial charge in [-0.05, 0) is 30.8 Å². The lowest BCUT2D eigenvalue weighted by molar-refractivity contribution is -0.136. The van der Waals surface area contributed by atoms with E-state index in [0.29, 0.717) is 5.92 Å². The van der Waals surface area contributed by atoms with Gasteiger partial charge in [-0.2, -0.15) is 5.26 Å². The average Bonchev–Trinajstić information content (AvgIpc) is 2.15. The molecule has 0 bridgehead atoms. The summed E-state index contributed by atoms with van der Waals surface area (Å²) in [5.41, 5.74) is 1.01. The summed E-state index contributed by atoms with van der Waals surface area (Å²) in [6, 6.07) is 1.97. The smallest absolute Gasteiger partial charge is 0.308 e. The van der Waals surface area contributed by atoms with Crippen LogP contribution >= 0.6 is 0 Å². The van der Waals surface area contributed by atoms with Crippen LogP contribution in [0.5, 0.6) is 0 Å². The number of carbonyl (C=O) groups excluding carboxylic acids is 1. The van der Waals surface area contributed by atoms with E-state index in [1.54, 1.807) is 0 Å². The van der Waals surface area contributed by atoms with Gasteiger partial charge < -0.3 is 4.74 Å². The SMILES string of the molecule is CC(=O)O/C(C#N)=C1/CCCCC1C. The van der Waals surface area contributed by atoms with Crippen LogP contribution in [0.3, 0.4) is 0 Å². The van der Waals surface area contributed by atoms with E-state index in [4.69, 9.17) is 10.00 Å². The zero-order chi connectivity index (χ0) is 10.6. The molecule has 1 aliphatic carbocycles. The Kier molecular flexibility index (Phi) is 3.70. The second-order valence-corrected chi connectivity index (χ2v) is 3.71. The van der Waals surface area contributed by atoms with Crippen LogP contribution < -0.4 is 0 Å². The summed E-state index contributed by atoms with van der Waals surface area (Å²) in [6.45, 7) is 3.40. The maximum absolute atomic E-state index is 10.8. The molecule has 0 aromatic carbocycles. The zero-order valence-electron chi connectivity index (χ0n) is 8.67. The Morgan fingerprint density at radius 1 is 1.57 bits per heavy atom. The van der Waals surface area contributed by atoms with Crippen molar-refractivity contribution in [1.29, 1.82) is 5.26 Å². The van der Waals surface area contributed by atoms with Gasteiger partial charge in [0.15, 0.2) is 0 Å². The summed E-state index contributed by atoms with van der Waals surface area (Å²) in [5, 5.41) is 8.86. The van der Waals surface area contributed by atoms with Crippen LogP contribution in [-0.2, 0) is 9.53 Å². The van der Waals surface area contributed by atoms with Crippen LogP contribution in [0.4, 0.5) is 0 Å². The van der Waals surface area contributed by atoms with Crippen molar-refractivity contribution < 1.29 is 9.53 Å². The van der Waals surface area contributed by atoms with Crippen molar-refractivity contribution in [3.63, 3.8) is 0 Å². The summed E-state index contributed by atoms with van der Waals surface area (Å²) in [5.74, 6) is 0.189. The van der Waals surface area contributed by atoms with Gasteiger partial charge in [0.2, 0.25) is 5.76 Å². The van der Waals surface area contributed by atoms with E-state index in [9.17, 15) is 4.79 Å². The van der Waals surface area contributed by atoms with Gasteiger partial charge in [-0.1, -0.05) is 13.3 Å². The Hall–Kier alpha value is -1.30. The predicted octanol–water partition coefficient (Wildman–Crippen LogP) is 2.54. The topological polar surface area (TPSA) is 50.1 Å². The van der Waals surface area contributed by atoms with E-state index >= 15 is 0 Å². The largest absolute Gasteiger partial charge is 0.415 e. The molecule has 76 valence electrons. The minimum atomic E-state index is -0.410. The molecule has 14 heavy (non-hydrogen) atoms. The van der Waals surface area contributed by atoms with Crippen molar-refractivity contribution in [3.05, 3.63) is 11.3 Å². The maximum Gasteiger partial charge on any atom is 0.308 e. The lowest BCUT2D eigenvalue weighted by Crippen LogP contribution is -2.11. The number of nitriles is 1. The van der Waals surface area contributed by atoms with Crippen molar-refractivity contribution in [1.82, 2.24) is 0 Å². The minimum absolute atomic E-state index is 0.227. The monoisotopic (exact) mass is 193 g/mol. The molecule has 0 aliphatic heterocycles. The molecule has 1 aliphatic rings. The molecule has 0 radical (unpaired) electrons. The van der Waals surface area contributed by atoms with Crippen LogP contribution in [0.25, 0.3) is 0 Å². The van der Waals surface area contributed by atoms with E-state index in [1.165, 1.54) is 13.3 Å². The molecular formula is C11H15NO2. The second-order valence-electron chi connectivity index (χ2n) is 3.71. The lowest BCUT2D eigenvalue weighted by atomic mass is 9.85. The number of allylic oxidation sites excluding steroid dienone is 2. The van der Waals surface area contributed by atoms with Crippen LogP contribution in [0.1, 0.15) is 39.5 Å². The first-order chi connectivity index (χ1) is 6.65. The van der Waals surface area contributed by atoms with Gasteiger partial charge in [-0.25, -0.2) is 0 Å². The van der Waals surface area contributed by atoms with E-state index in [0.717, 1.165) is 24.8 Å². The normalized spacial score (nSPS) is 25.1. The maximum atomic E-state index is 10.8. The lowest BCUT2D eigenvalue weighted by Gasteiger charge is -2.22. The Labute approximate surface area is 84.4 Å². The van der Waals surface area contributed by atoms with E-state index < -0.39 is 5.97 Å². The van der Waals surface area contributed by atoms with E-state index in [2.05, 4.69) is 6.92 Å². The summed E-state index contributed by atoms with van der Waals surface area (Å²) in [4.78, 5) is 10.8. The van der Waals surface area contributed by atoms with Crippen LogP contribution in [0.2, 0.25) is 0 Å². The Morgan fingerprint density at radius 2 is 2.29 bits per heavy atom. The van der Waals surface area contributed by atoms with Crippen molar-refractivity contribution in [3.8, 4) is 6.07 Å². The highest BCUT2D eigenvalue weighted by atomic mass is 16.5. The zero-order valence-corrected chi connectivity index (χ0v) is 8.67. The molecule has 0 spiro atoms. The molecule has 0 heterocycles.